The van der Waals surface area contributed by atoms with Gasteiger partial charge in [-0.3, -0.25) is 9.59 Å². The topological polar surface area (TPSA) is 104 Å². The van der Waals surface area contributed by atoms with Crippen LogP contribution in [0.25, 0.3) is 0 Å². The Morgan fingerprint density at radius 1 is 1.19 bits per heavy atom. The van der Waals surface area contributed by atoms with Gasteiger partial charge >= 0.3 is 0 Å². The number of hydrogen-bond donors (Lipinski definition) is 3. The largest absolute Gasteiger partial charge is 0.508 e. The summed E-state index contributed by atoms with van der Waals surface area (Å²) in [5.74, 6) is -2.10. The van der Waals surface area contributed by atoms with Gasteiger partial charge in [0.05, 0.1) is 17.7 Å². The Labute approximate surface area is 150 Å². The number of aliphatic hydroxyl groups is 1. The van der Waals surface area contributed by atoms with Gasteiger partial charge in [-0.05, 0) is 38.3 Å². The molecule has 0 bridgehead atoms. The van der Waals surface area contributed by atoms with Gasteiger partial charge in [0.15, 0.2) is 11.5 Å². The maximum absolute atomic E-state index is 13.2. The number of carbonyl (C=O) groups excluding carboxylic acids is 2. The lowest BCUT2D eigenvalue weighted by Gasteiger charge is -2.47. The molecule has 136 valence electrons. The molecule has 0 aromatic heterocycles. The summed E-state index contributed by atoms with van der Waals surface area (Å²) in [6.07, 6.45) is 3.32. The van der Waals surface area contributed by atoms with Crippen LogP contribution in [0.1, 0.15) is 47.4 Å². The highest BCUT2D eigenvalue weighted by Crippen LogP contribution is 2.50. The summed E-state index contributed by atoms with van der Waals surface area (Å²) in [7, 11) is 0. The number of aromatic hydroxyl groups is 2. The van der Waals surface area contributed by atoms with Crippen molar-refractivity contribution in [2.45, 2.75) is 32.3 Å². The third-order valence-electron chi connectivity index (χ3n) is 5.69. The van der Waals surface area contributed by atoms with E-state index in [1.807, 2.05) is 19.9 Å². The molecule has 2 atom stereocenters. The van der Waals surface area contributed by atoms with Crippen molar-refractivity contribution >= 4 is 11.6 Å². The zero-order chi connectivity index (χ0) is 18.8. The highest BCUT2D eigenvalue weighted by Gasteiger charge is 2.51. The van der Waals surface area contributed by atoms with Crippen LogP contribution in [0.15, 0.2) is 35.1 Å². The summed E-state index contributed by atoms with van der Waals surface area (Å²) in [4.78, 5) is 26.2. The van der Waals surface area contributed by atoms with E-state index in [1.165, 1.54) is 6.07 Å². The van der Waals surface area contributed by atoms with E-state index in [1.54, 1.807) is 0 Å². The fourth-order valence-corrected chi connectivity index (χ4v) is 4.43. The molecule has 3 N–H and O–H groups in total. The van der Waals surface area contributed by atoms with Crippen molar-refractivity contribution in [3.63, 3.8) is 0 Å². The molecule has 4 rings (SSSR count). The fraction of sp³-hybridized carbons (Fsp3) is 0.400. The van der Waals surface area contributed by atoms with Crippen LogP contribution in [-0.2, 0) is 4.74 Å². The van der Waals surface area contributed by atoms with E-state index >= 15 is 0 Å². The number of rotatable bonds is 1. The van der Waals surface area contributed by atoms with E-state index in [2.05, 4.69) is 0 Å². The predicted molar refractivity (Wildman–Crippen MR) is 92.0 cm³/mol. The summed E-state index contributed by atoms with van der Waals surface area (Å²) >= 11 is 0. The van der Waals surface area contributed by atoms with E-state index in [9.17, 15) is 24.9 Å². The summed E-state index contributed by atoms with van der Waals surface area (Å²) in [6.45, 7) is 3.68. The average molecular weight is 356 g/mol. The fourth-order valence-electron chi connectivity index (χ4n) is 4.43. The zero-order valence-corrected chi connectivity index (χ0v) is 14.6. The Balaban J connectivity index is 1.95. The first-order valence-corrected chi connectivity index (χ1v) is 8.63. The molecule has 0 fully saturated rings. The molecular weight excluding hydrogens is 336 g/mol. The van der Waals surface area contributed by atoms with Crippen LogP contribution >= 0.6 is 0 Å². The number of Topliss-reactive ketones (excluding diaryl/α,β-unsaturated/α-hetero) is 2. The van der Waals surface area contributed by atoms with Crippen LogP contribution in [0.5, 0.6) is 11.5 Å². The summed E-state index contributed by atoms with van der Waals surface area (Å²) < 4.78 is 5.98. The zero-order valence-electron chi connectivity index (χ0n) is 14.6. The number of hydrogen-bond acceptors (Lipinski definition) is 6. The van der Waals surface area contributed by atoms with Crippen molar-refractivity contribution in [3.8, 4) is 11.5 Å². The second kappa shape index (κ2) is 5.45. The lowest BCUT2D eigenvalue weighted by Crippen LogP contribution is -2.48. The molecule has 0 spiro atoms. The first-order valence-electron chi connectivity index (χ1n) is 8.63. The van der Waals surface area contributed by atoms with E-state index in [0.29, 0.717) is 6.42 Å². The maximum atomic E-state index is 13.2. The number of phenolic OH excluding ortho intramolecular Hbond substituents is 2. The molecule has 0 radical (unpaired) electrons. The predicted octanol–water partition coefficient (Wildman–Crippen LogP) is 2.48. The second-order valence-corrected chi connectivity index (χ2v) is 7.65. The molecule has 1 heterocycles. The van der Waals surface area contributed by atoms with E-state index in [4.69, 9.17) is 4.74 Å². The number of allylic oxidation sites excluding steroid dienone is 3. The summed E-state index contributed by atoms with van der Waals surface area (Å²) in [6, 6.07) is 2.24. The maximum Gasteiger partial charge on any atom is 0.232 e. The second-order valence-electron chi connectivity index (χ2n) is 7.65. The Hall–Kier alpha value is -2.60. The average Bonchev–Trinajstić information content (AvgIpc) is 2.58. The van der Waals surface area contributed by atoms with Crippen LogP contribution in [0.3, 0.4) is 0 Å². The van der Waals surface area contributed by atoms with Gasteiger partial charge in [0.2, 0.25) is 5.78 Å². The van der Waals surface area contributed by atoms with Gasteiger partial charge in [-0.2, -0.15) is 0 Å². The Kier molecular flexibility index (Phi) is 3.53. The minimum Gasteiger partial charge on any atom is -0.508 e. The SMILES string of the molecule is CC1(C)OC2=C(C(=O)c3cc(O)cc(O)c3C2=O)[C@H]2C=C(CO)CC[C@@H]21. The number of benzene rings is 1. The normalized spacial score (nSPS) is 26.5. The Morgan fingerprint density at radius 2 is 1.92 bits per heavy atom. The van der Waals surface area contributed by atoms with Crippen molar-refractivity contribution < 1.29 is 29.6 Å². The van der Waals surface area contributed by atoms with E-state index < -0.39 is 22.9 Å². The quantitative estimate of drug-likeness (QED) is 0.668. The molecule has 26 heavy (non-hydrogen) atoms. The first kappa shape index (κ1) is 16.8. The number of ketones is 2. The van der Waals surface area contributed by atoms with E-state index in [-0.39, 0.29) is 46.7 Å². The molecule has 3 aliphatic rings. The van der Waals surface area contributed by atoms with Gasteiger partial charge < -0.3 is 20.1 Å². The first-order chi connectivity index (χ1) is 12.2. The lowest BCUT2D eigenvalue weighted by molar-refractivity contribution is -0.0497. The minimum absolute atomic E-state index is 0.0132. The molecule has 6 heteroatoms. The molecule has 0 saturated heterocycles. The lowest BCUT2D eigenvalue weighted by atomic mass is 9.65. The molecule has 1 aliphatic heterocycles. The minimum atomic E-state index is -0.666. The molecule has 0 unspecified atom stereocenters. The van der Waals surface area contributed by atoms with E-state index in [0.717, 1.165) is 18.1 Å². The standard InChI is InChI=1S/C20H20O6/c1-20(2)13-4-3-9(8-21)5-11(13)16-17(24)12-6-10(22)7-14(23)15(12)18(25)19(16)26-20/h5-7,11,13,21-23H,3-4,8H2,1-2H3/t11-,13-/m0/s1. The highest BCUT2D eigenvalue weighted by atomic mass is 16.5. The van der Waals surface area contributed by atoms with Gasteiger partial charge in [-0.15, -0.1) is 0 Å². The molecule has 6 nitrogen and oxygen atoms in total. The van der Waals surface area contributed by atoms with Gasteiger partial charge in [0, 0.05) is 23.5 Å². The molecule has 1 aromatic rings. The van der Waals surface area contributed by atoms with Crippen LogP contribution < -0.4 is 0 Å². The Bertz CT molecular complexity index is 905. The molecule has 0 amide bonds. The van der Waals surface area contributed by atoms with Crippen molar-refractivity contribution in [3.05, 3.63) is 46.2 Å². The van der Waals surface area contributed by atoms with Gasteiger partial charge in [0.1, 0.15) is 17.1 Å². The third-order valence-corrected chi connectivity index (χ3v) is 5.69. The molecule has 1 aromatic carbocycles. The van der Waals surface area contributed by atoms with Gasteiger partial charge in [-0.1, -0.05) is 6.08 Å². The number of aliphatic hydroxyl groups excluding tert-OH is 1. The van der Waals surface area contributed by atoms with Gasteiger partial charge in [-0.25, -0.2) is 0 Å². The van der Waals surface area contributed by atoms with Crippen molar-refractivity contribution in [2.75, 3.05) is 6.61 Å². The van der Waals surface area contributed by atoms with Crippen LogP contribution in [-0.4, -0.2) is 39.1 Å². The van der Waals surface area contributed by atoms with Crippen LogP contribution in [0.2, 0.25) is 0 Å². The van der Waals surface area contributed by atoms with Crippen molar-refractivity contribution in [1.29, 1.82) is 0 Å². The monoisotopic (exact) mass is 356 g/mol. The van der Waals surface area contributed by atoms with Crippen molar-refractivity contribution in [2.24, 2.45) is 11.8 Å². The van der Waals surface area contributed by atoms with Gasteiger partial charge in [0.25, 0.3) is 0 Å². The molecular formula is C20H20O6. The third kappa shape index (κ3) is 2.22. The van der Waals surface area contributed by atoms with Crippen LogP contribution in [0, 0.1) is 11.8 Å². The highest BCUT2D eigenvalue weighted by molar-refractivity contribution is 6.27. The van der Waals surface area contributed by atoms with Crippen molar-refractivity contribution in [1.82, 2.24) is 0 Å². The molecule has 0 saturated carbocycles. The summed E-state index contributed by atoms with van der Waals surface area (Å²) in [5, 5.41) is 29.4. The molecule has 2 aliphatic carbocycles. The smallest absolute Gasteiger partial charge is 0.232 e. The Morgan fingerprint density at radius 3 is 2.62 bits per heavy atom. The number of phenols is 2. The number of carbonyl (C=O) groups is 2. The summed E-state index contributed by atoms with van der Waals surface area (Å²) in [5.41, 5.74) is 0.268. The van der Waals surface area contributed by atoms with Crippen LogP contribution in [0.4, 0.5) is 0 Å². The number of fused-ring (bicyclic) bond motifs is 3. The number of ether oxygens (including phenoxy) is 1.